The molecule has 1 aromatic rings. The van der Waals surface area contributed by atoms with Gasteiger partial charge in [-0.25, -0.2) is 4.39 Å². The summed E-state index contributed by atoms with van der Waals surface area (Å²) < 4.78 is 14.2. The molecule has 7 nitrogen and oxygen atoms in total. The Hall–Kier alpha value is -2.32. The Morgan fingerprint density at radius 2 is 2.04 bits per heavy atom. The molecule has 0 spiro atoms. The van der Waals surface area contributed by atoms with Gasteiger partial charge in [0.05, 0.1) is 0 Å². The summed E-state index contributed by atoms with van der Waals surface area (Å²) in [6.45, 7) is 1.83. The molecule has 8 heteroatoms. The molecule has 2 saturated heterocycles. The van der Waals surface area contributed by atoms with Gasteiger partial charge in [0.1, 0.15) is 12.2 Å². The second kappa shape index (κ2) is 7.60. The lowest BCUT2D eigenvalue weighted by Gasteiger charge is -2.29. The highest BCUT2D eigenvalue weighted by molar-refractivity contribution is 6.05. The van der Waals surface area contributed by atoms with Crippen molar-refractivity contribution in [1.29, 1.82) is 0 Å². The summed E-state index contributed by atoms with van der Waals surface area (Å²) in [7, 11) is 0. The monoisotopic (exact) mass is 388 g/mol. The Balaban J connectivity index is 1.53. The molecular weight excluding hydrogens is 363 g/mol. The van der Waals surface area contributed by atoms with Crippen molar-refractivity contribution >= 4 is 17.7 Å². The molecule has 1 aromatic carbocycles. The molecule has 3 aliphatic rings. The van der Waals surface area contributed by atoms with Gasteiger partial charge in [-0.2, -0.15) is 0 Å². The second-order valence-corrected chi connectivity index (χ2v) is 7.91. The van der Waals surface area contributed by atoms with E-state index in [0.717, 1.165) is 24.1 Å². The fraction of sp³-hybridized carbons (Fsp3) is 0.550. The quantitative estimate of drug-likeness (QED) is 0.744. The molecule has 4 rings (SSSR count). The van der Waals surface area contributed by atoms with E-state index in [4.69, 9.17) is 5.73 Å². The van der Waals surface area contributed by atoms with Crippen LogP contribution < -0.4 is 11.1 Å². The van der Waals surface area contributed by atoms with Gasteiger partial charge in [-0.1, -0.05) is 18.2 Å². The van der Waals surface area contributed by atoms with Gasteiger partial charge >= 0.3 is 0 Å². The molecule has 2 fully saturated rings. The summed E-state index contributed by atoms with van der Waals surface area (Å²) in [6, 6.07) is 4.61. The summed E-state index contributed by atoms with van der Waals surface area (Å²) >= 11 is 0. The molecule has 3 aliphatic heterocycles. The van der Waals surface area contributed by atoms with Crippen molar-refractivity contribution < 1.29 is 18.8 Å². The predicted octanol–water partition coefficient (Wildman–Crippen LogP) is 0.709. The van der Waals surface area contributed by atoms with Gasteiger partial charge in [0, 0.05) is 37.7 Å². The molecule has 0 bridgehead atoms. The normalized spacial score (nSPS) is 28.9. The first-order valence-electron chi connectivity index (χ1n) is 9.81. The van der Waals surface area contributed by atoms with Gasteiger partial charge in [-0.3, -0.25) is 24.6 Å². The SMILES string of the molecule is NC1CCCN(Cc2cccc3c2C(=O)N(C2CCC(=O)NC2=O)C3)CC1F. The summed E-state index contributed by atoms with van der Waals surface area (Å²) in [5.41, 5.74) is 8.17. The van der Waals surface area contributed by atoms with Crippen LogP contribution in [-0.2, 0) is 22.7 Å². The van der Waals surface area contributed by atoms with E-state index >= 15 is 0 Å². The van der Waals surface area contributed by atoms with Crippen LogP contribution in [0.5, 0.6) is 0 Å². The number of amides is 3. The van der Waals surface area contributed by atoms with Crippen molar-refractivity contribution in [3.8, 4) is 0 Å². The minimum Gasteiger partial charge on any atom is -0.325 e. The zero-order valence-electron chi connectivity index (χ0n) is 15.7. The smallest absolute Gasteiger partial charge is 0.255 e. The molecule has 3 heterocycles. The molecule has 0 aliphatic carbocycles. The summed E-state index contributed by atoms with van der Waals surface area (Å²) in [5, 5.41) is 2.32. The van der Waals surface area contributed by atoms with Crippen LogP contribution in [0.3, 0.4) is 0 Å². The van der Waals surface area contributed by atoms with Crippen LogP contribution in [0.4, 0.5) is 4.39 Å². The number of piperidine rings is 1. The van der Waals surface area contributed by atoms with Crippen LogP contribution in [0.2, 0.25) is 0 Å². The van der Waals surface area contributed by atoms with E-state index in [1.54, 1.807) is 4.90 Å². The van der Waals surface area contributed by atoms with Crippen LogP contribution >= 0.6 is 0 Å². The molecular formula is C20H25FN4O3. The van der Waals surface area contributed by atoms with E-state index in [9.17, 15) is 18.8 Å². The average molecular weight is 388 g/mol. The number of rotatable bonds is 3. The lowest BCUT2D eigenvalue weighted by Crippen LogP contribution is -2.52. The van der Waals surface area contributed by atoms with Gasteiger partial charge < -0.3 is 10.6 Å². The first-order valence-corrected chi connectivity index (χ1v) is 9.81. The number of benzene rings is 1. The highest BCUT2D eigenvalue weighted by Crippen LogP contribution is 2.30. The fourth-order valence-electron chi connectivity index (χ4n) is 4.41. The Morgan fingerprint density at radius 1 is 1.21 bits per heavy atom. The number of imide groups is 1. The van der Waals surface area contributed by atoms with Gasteiger partial charge in [-0.05, 0) is 36.9 Å². The van der Waals surface area contributed by atoms with Crippen molar-refractivity contribution in [3.05, 3.63) is 34.9 Å². The lowest BCUT2D eigenvalue weighted by atomic mass is 10.0. The number of hydrogen-bond acceptors (Lipinski definition) is 5. The third kappa shape index (κ3) is 3.54. The van der Waals surface area contributed by atoms with E-state index in [1.165, 1.54) is 0 Å². The molecule has 3 atom stereocenters. The topological polar surface area (TPSA) is 95.7 Å². The minimum atomic E-state index is -1.07. The number of halogens is 1. The Morgan fingerprint density at radius 3 is 2.82 bits per heavy atom. The molecule has 150 valence electrons. The summed E-state index contributed by atoms with van der Waals surface area (Å²) in [6.07, 6.45) is 0.984. The largest absolute Gasteiger partial charge is 0.325 e. The number of likely N-dealkylation sites (tertiary alicyclic amines) is 1. The number of alkyl halides is 1. The Bertz CT molecular complexity index is 815. The van der Waals surface area contributed by atoms with E-state index in [0.29, 0.717) is 31.5 Å². The maximum absolute atomic E-state index is 14.2. The maximum Gasteiger partial charge on any atom is 0.255 e. The first kappa shape index (κ1) is 19.0. The number of nitrogens with one attached hydrogen (secondary N) is 1. The average Bonchev–Trinajstić information content (AvgIpc) is 2.90. The third-order valence-electron chi connectivity index (χ3n) is 5.94. The first-order chi connectivity index (χ1) is 13.4. The van der Waals surface area contributed by atoms with Crippen LogP contribution in [0.1, 0.15) is 47.2 Å². The van der Waals surface area contributed by atoms with Gasteiger partial charge in [-0.15, -0.1) is 0 Å². The van der Waals surface area contributed by atoms with Crippen molar-refractivity contribution in [2.24, 2.45) is 5.73 Å². The number of carbonyl (C=O) groups is 3. The standard InChI is InChI=1S/C20H25FN4O3/c21-14-11-24(8-2-5-15(14)22)9-12-3-1-4-13-10-25(20(28)18(12)13)16-6-7-17(26)23-19(16)27/h1,3-4,14-16H,2,5-11,22H2,(H,23,26,27). The Labute approximate surface area is 163 Å². The van der Waals surface area contributed by atoms with Crippen LogP contribution in [0.15, 0.2) is 18.2 Å². The fourth-order valence-corrected chi connectivity index (χ4v) is 4.41. The van der Waals surface area contributed by atoms with E-state index in [-0.39, 0.29) is 24.8 Å². The number of carbonyl (C=O) groups excluding carboxylic acids is 3. The van der Waals surface area contributed by atoms with Crippen LogP contribution in [0.25, 0.3) is 0 Å². The number of hydrogen-bond donors (Lipinski definition) is 2. The highest BCUT2D eigenvalue weighted by Gasteiger charge is 2.40. The molecule has 3 amide bonds. The number of fused-ring (bicyclic) bond motifs is 1. The van der Waals surface area contributed by atoms with Crippen molar-refractivity contribution in [1.82, 2.24) is 15.1 Å². The molecule has 28 heavy (non-hydrogen) atoms. The summed E-state index contributed by atoms with van der Waals surface area (Å²) in [4.78, 5) is 40.3. The van der Waals surface area contributed by atoms with E-state index in [2.05, 4.69) is 5.32 Å². The molecule has 0 saturated carbocycles. The number of nitrogens with zero attached hydrogens (tertiary/aromatic N) is 2. The van der Waals surface area contributed by atoms with Crippen molar-refractivity contribution in [2.75, 3.05) is 13.1 Å². The van der Waals surface area contributed by atoms with Crippen LogP contribution in [-0.4, -0.2) is 58.9 Å². The van der Waals surface area contributed by atoms with Gasteiger partial charge in [0.25, 0.3) is 5.91 Å². The minimum absolute atomic E-state index is 0.191. The van der Waals surface area contributed by atoms with Gasteiger partial charge in [0.2, 0.25) is 11.8 Å². The number of nitrogens with two attached hydrogens (primary N) is 1. The third-order valence-corrected chi connectivity index (χ3v) is 5.94. The molecule has 0 aromatic heterocycles. The van der Waals surface area contributed by atoms with E-state index in [1.807, 2.05) is 23.1 Å². The van der Waals surface area contributed by atoms with Crippen LogP contribution in [0, 0.1) is 0 Å². The lowest BCUT2D eigenvalue weighted by molar-refractivity contribution is -0.136. The zero-order chi connectivity index (χ0) is 19.8. The molecule has 0 radical (unpaired) electrons. The Kier molecular flexibility index (Phi) is 5.16. The van der Waals surface area contributed by atoms with Crippen molar-refractivity contribution in [3.63, 3.8) is 0 Å². The molecule has 3 N–H and O–H groups in total. The maximum atomic E-state index is 14.2. The van der Waals surface area contributed by atoms with Gasteiger partial charge in [0.15, 0.2) is 0 Å². The zero-order valence-corrected chi connectivity index (χ0v) is 15.7. The highest BCUT2D eigenvalue weighted by atomic mass is 19.1. The molecule has 3 unspecified atom stereocenters. The second-order valence-electron chi connectivity index (χ2n) is 7.91. The van der Waals surface area contributed by atoms with E-state index < -0.39 is 24.2 Å². The van der Waals surface area contributed by atoms with Crippen molar-refractivity contribution in [2.45, 2.75) is 57.0 Å². The predicted molar refractivity (Wildman–Crippen MR) is 99.9 cm³/mol. The summed E-state index contributed by atoms with van der Waals surface area (Å²) in [5.74, 6) is -0.907.